The van der Waals surface area contributed by atoms with Gasteiger partial charge in [0.15, 0.2) is 5.41 Å². The van der Waals surface area contributed by atoms with E-state index in [0.717, 1.165) is 0 Å². The van der Waals surface area contributed by atoms with Crippen LogP contribution in [0.1, 0.15) is 40.5 Å². The van der Waals surface area contributed by atoms with Crippen LogP contribution in [0.25, 0.3) is 0 Å². The number of esters is 1. The predicted molar refractivity (Wildman–Crippen MR) is 56.9 cm³/mol. The lowest BCUT2D eigenvalue weighted by molar-refractivity contribution is -0.161. The van der Waals surface area contributed by atoms with Crippen molar-refractivity contribution >= 4 is 5.97 Å². The van der Waals surface area contributed by atoms with Crippen molar-refractivity contribution in [2.45, 2.75) is 40.5 Å². The monoisotopic (exact) mass is 209 g/mol. The zero-order chi connectivity index (χ0) is 11.7. The van der Waals surface area contributed by atoms with Gasteiger partial charge in [-0.25, -0.2) is 0 Å². The molecular formula is C12H19NO2. The third-order valence-electron chi connectivity index (χ3n) is 3.29. The van der Waals surface area contributed by atoms with Gasteiger partial charge in [0, 0.05) is 0 Å². The van der Waals surface area contributed by atoms with Crippen molar-refractivity contribution in [3.63, 3.8) is 0 Å². The average Bonchev–Trinajstić information content (AvgIpc) is 2.01. The summed E-state index contributed by atoms with van der Waals surface area (Å²) in [5.74, 6) is 0.106. The first kappa shape index (κ1) is 12.0. The van der Waals surface area contributed by atoms with Crippen molar-refractivity contribution in [3.05, 3.63) is 0 Å². The molecule has 15 heavy (non-hydrogen) atoms. The smallest absolute Gasteiger partial charge is 0.326 e. The molecule has 0 saturated heterocycles. The van der Waals surface area contributed by atoms with Crippen LogP contribution in [-0.4, -0.2) is 12.6 Å². The van der Waals surface area contributed by atoms with Gasteiger partial charge < -0.3 is 4.74 Å². The molecule has 1 rings (SSSR count). The Morgan fingerprint density at radius 1 is 1.53 bits per heavy atom. The van der Waals surface area contributed by atoms with Crippen LogP contribution in [0.4, 0.5) is 0 Å². The first-order chi connectivity index (χ1) is 6.85. The van der Waals surface area contributed by atoms with Crippen molar-refractivity contribution in [2.24, 2.45) is 16.7 Å². The Morgan fingerprint density at radius 2 is 2.07 bits per heavy atom. The number of nitriles is 1. The van der Waals surface area contributed by atoms with Gasteiger partial charge in [-0.15, -0.1) is 0 Å². The van der Waals surface area contributed by atoms with Crippen LogP contribution in [-0.2, 0) is 9.53 Å². The van der Waals surface area contributed by atoms with Crippen LogP contribution in [0.3, 0.4) is 0 Å². The zero-order valence-corrected chi connectivity index (χ0v) is 9.96. The summed E-state index contributed by atoms with van der Waals surface area (Å²) >= 11 is 0. The molecule has 0 amide bonds. The largest absolute Gasteiger partial charge is 0.465 e. The van der Waals surface area contributed by atoms with E-state index in [1.54, 1.807) is 6.92 Å². The highest BCUT2D eigenvalue weighted by atomic mass is 16.5. The highest BCUT2D eigenvalue weighted by molar-refractivity contribution is 5.81. The van der Waals surface area contributed by atoms with Crippen molar-refractivity contribution in [1.29, 1.82) is 5.26 Å². The Balaban J connectivity index is 2.65. The van der Waals surface area contributed by atoms with Crippen LogP contribution in [0.2, 0.25) is 0 Å². The van der Waals surface area contributed by atoms with Gasteiger partial charge >= 0.3 is 5.97 Å². The molecule has 84 valence electrons. The van der Waals surface area contributed by atoms with Gasteiger partial charge in [-0.2, -0.15) is 5.26 Å². The third kappa shape index (κ3) is 2.14. The molecule has 1 saturated carbocycles. The van der Waals surface area contributed by atoms with Crippen molar-refractivity contribution in [1.82, 2.24) is 0 Å². The van der Waals surface area contributed by atoms with Gasteiger partial charge in [-0.1, -0.05) is 20.8 Å². The van der Waals surface area contributed by atoms with Crippen molar-refractivity contribution < 1.29 is 9.53 Å². The van der Waals surface area contributed by atoms with E-state index in [2.05, 4.69) is 26.8 Å². The fourth-order valence-electron chi connectivity index (χ4n) is 1.97. The maximum atomic E-state index is 11.6. The summed E-state index contributed by atoms with van der Waals surface area (Å²) in [7, 11) is 0. The van der Waals surface area contributed by atoms with E-state index in [-0.39, 0.29) is 11.4 Å². The number of nitrogens with zero attached hydrogens (tertiary/aromatic N) is 1. The van der Waals surface area contributed by atoms with E-state index < -0.39 is 5.41 Å². The highest BCUT2D eigenvalue weighted by Crippen LogP contribution is 2.53. The van der Waals surface area contributed by atoms with E-state index >= 15 is 0 Å². The summed E-state index contributed by atoms with van der Waals surface area (Å²) < 4.78 is 4.94. The molecule has 0 spiro atoms. The molecule has 3 nitrogen and oxygen atoms in total. The zero-order valence-electron chi connectivity index (χ0n) is 9.96. The molecule has 0 unspecified atom stereocenters. The molecule has 0 aromatic rings. The number of ether oxygens (including phenoxy) is 1. The van der Waals surface area contributed by atoms with Gasteiger partial charge in [-0.05, 0) is 31.1 Å². The van der Waals surface area contributed by atoms with Crippen LogP contribution in [0.15, 0.2) is 0 Å². The second-order valence-corrected chi connectivity index (χ2v) is 5.39. The summed E-state index contributed by atoms with van der Waals surface area (Å²) in [6, 6.07) is 2.13. The fourth-order valence-corrected chi connectivity index (χ4v) is 1.97. The minimum absolute atomic E-state index is 0.173. The van der Waals surface area contributed by atoms with Crippen LogP contribution < -0.4 is 0 Å². The minimum atomic E-state index is -0.853. The average molecular weight is 209 g/mol. The summed E-state index contributed by atoms with van der Waals surface area (Å²) in [6.45, 7) is 8.55. The van der Waals surface area contributed by atoms with Gasteiger partial charge in [0.25, 0.3) is 0 Å². The number of rotatable bonds is 2. The van der Waals surface area contributed by atoms with E-state index in [1.807, 2.05) is 0 Å². The summed E-state index contributed by atoms with van der Waals surface area (Å²) in [5, 5.41) is 9.07. The Hall–Kier alpha value is -1.04. The lowest BCUT2D eigenvalue weighted by Crippen LogP contribution is -2.48. The molecular weight excluding hydrogens is 190 g/mol. The molecule has 0 aromatic carbocycles. The van der Waals surface area contributed by atoms with Gasteiger partial charge in [0.2, 0.25) is 0 Å². The summed E-state index contributed by atoms with van der Waals surface area (Å²) in [4.78, 5) is 11.6. The molecule has 0 N–H and O–H groups in total. The van der Waals surface area contributed by atoms with E-state index in [1.165, 1.54) is 0 Å². The molecule has 0 aromatic heterocycles. The van der Waals surface area contributed by atoms with Gasteiger partial charge in [-0.3, -0.25) is 4.79 Å². The van der Waals surface area contributed by atoms with Crippen LogP contribution >= 0.6 is 0 Å². The Kier molecular flexibility index (Phi) is 3.08. The first-order valence-corrected chi connectivity index (χ1v) is 5.44. The second-order valence-electron chi connectivity index (χ2n) is 5.39. The first-order valence-electron chi connectivity index (χ1n) is 5.44. The minimum Gasteiger partial charge on any atom is -0.465 e. The normalized spacial score (nSPS) is 30.2. The lowest BCUT2D eigenvalue weighted by atomic mass is 9.55. The fraction of sp³-hybridized carbons (Fsp3) is 0.833. The Labute approximate surface area is 91.4 Å². The number of hydrogen-bond acceptors (Lipinski definition) is 3. The second kappa shape index (κ2) is 3.84. The topological polar surface area (TPSA) is 50.1 Å². The van der Waals surface area contributed by atoms with E-state index in [0.29, 0.717) is 25.4 Å². The highest BCUT2D eigenvalue weighted by Gasteiger charge is 2.55. The Morgan fingerprint density at radius 3 is 2.40 bits per heavy atom. The SMILES string of the molecule is CCOC(=O)C1(C#N)CC(C(C)(C)C)C1. The molecule has 1 aliphatic rings. The number of hydrogen-bond donors (Lipinski definition) is 0. The summed E-state index contributed by atoms with van der Waals surface area (Å²) in [6.07, 6.45) is 1.29. The predicted octanol–water partition coefficient (Wildman–Crippen LogP) is 2.52. The molecule has 1 fully saturated rings. The lowest BCUT2D eigenvalue weighted by Gasteiger charge is -2.47. The maximum absolute atomic E-state index is 11.6. The van der Waals surface area contributed by atoms with Crippen LogP contribution in [0.5, 0.6) is 0 Å². The standard InChI is InChI=1S/C12H19NO2/c1-5-15-10(14)12(8-13)6-9(7-12)11(2,3)4/h9H,5-7H2,1-4H3. The molecule has 3 heteroatoms. The maximum Gasteiger partial charge on any atom is 0.326 e. The molecule has 0 atom stereocenters. The number of carbonyl (C=O) groups is 1. The van der Waals surface area contributed by atoms with E-state index in [4.69, 9.17) is 10.00 Å². The molecule has 1 aliphatic carbocycles. The number of carbonyl (C=O) groups excluding carboxylic acids is 1. The molecule has 0 bridgehead atoms. The molecule has 0 aliphatic heterocycles. The van der Waals surface area contributed by atoms with E-state index in [9.17, 15) is 4.79 Å². The quantitative estimate of drug-likeness (QED) is 0.656. The van der Waals surface area contributed by atoms with Gasteiger partial charge in [0.05, 0.1) is 12.7 Å². The van der Waals surface area contributed by atoms with Crippen molar-refractivity contribution in [3.8, 4) is 6.07 Å². The summed E-state index contributed by atoms with van der Waals surface area (Å²) in [5.41, 5.74) is -0.680. The van der Waals surface area contributed by atoms with Gasteiger partial charge in [0.1, 0.15) is 0 Å². The third-order valence-corrected chi connectivity index (χ3v) is 3.29. The molecule has 0 radical (unpaired) electrons. The Bertz CT molecular complexity index is 290. The van der Waals surface area contributed by atoms with Crippen molar-refractivity contribution in [2.75, 3.05) is 6.61 Å². The van der Waals surface area contributed by atoms with Crippen LogP contribution in [0, 0.1) is 28.1 Å². The molecule has 0 heterocycles.